The molecule has 0 atom stereocenters. The van der Waals surface area contributed by atoms with Gasteiger partial charge in [0, 0.05) is 33.1 Å². The van der Waals surface area contributed by atoms with Crippen LogP contribution >= 0.6 is 0 Å². The third-order valence-electron chi connectivity index (χ3n) is 3.57. The Morgan fingerprint density at radius 3 is 2.60 bits per heavy atom. The number of carbonyl (C=O) groups is 1. The number of benzene rings is 1. The Kier molecular flexibility index (Phi) is 4.71. The molecule has 1 aliphatic rings. The van der Waals surface area contributed by atoms with Gasteiger partial charge in [0.25, 0.3) is 0 Å². The average Bonchev–Trinajstić information content (AvgIpc) is 2.46. The summed E-state index contributed by atoms with van der Waals surface area (Å²) in [5.41, 5.74) is 7.90. The number of piperazine rings is 1. The van der Waals surface area contributed by atoms with Gasteiger partial charge in [-0.1, -0.05) is 13.0 Å². The minimum Gasteiger partial charge on any atom is -0.491 e. The van der Waals surface area contributed by atoms with Crippen molar-refractivity contribution in [2.75, 3.05) is 43.4 Å². The monoisotopic (exact) mass is 277 g/mol. The van der Waals surface area contributed by atoms with Crippen LogP contribution in [0.1, 0.15) is 20.3 Å². The van der Waals surface area contributed by atoms with Crippen molar-refractivity contribution in [1.29, 1.82) is 0 Å². The second-order valence-electron chi connectivity index (χ2n) is 5.03. The van der Waals surface area contributed by atoms with Crippen molar-refractivity contribution in [3.63, 3.8) is 0 Å². The van der Waals surface area contributed by atoms with Gasteiger partial charge in [-0.2, -0.15) is 0 Å². The molecule has 1 saturated heterocycles. The third-order valence-corrected chi connectivity index (χ3v) is 3.57. The highest BCUT2D eigenvalue weighted by molar-refractivity contribution is 5.76. The summed E-state index contributed by atoms with van der Waals surface area (Å²) in [6, 6.07) is 5.88. The quantitative estimate of drug-likeness (QED) is 0.851. The van der Waals surface area contributed by atoms with Crippen molar-refractivity contribution in [3.05, 3.63) is 18.2 Å². The molecule has 5 heteroatoms. The van der Waals surface area contributed by atoms with E-state index in [1.165, 1.54) is 0 Å². The first-order valence-corrected chi connectivity index (χ1v) is 7.15. The molecule has 1 aliphatic heterocycles. The predicted molar refractivity (Wildman–Crippen MR) is 81.1 cm³/mol. The molecule has 1 aromatic carbocycles. The fraction of sp³-hybridized carbons (Fsp3) is 0.533. The molecule has 2 N–H and O–H groups in total. The predicted octanol–water partition coefficient (Wildman–Crippen LogP) is 1.73. The van der Waals surface area contributed by atoms with Crippen molar-refractivity contribution >= 4 is 17.3 Å². The van der Waals surface area contributed by atoms with E-state index >= 15 is 0 Å². The van der Waals surface area contributed by atoms with Crippen LogP contribution in [0.3, 0.4) is 0 Å². The number of rotatable bonds is 4. The van der Waals surface area contributed by atoms with Crippen molar-refractivity contribution in [2.45, 2.75) is 20.3 Å². The first-order chi connectivity index (χ1) is 9.63. The smallest absolute Gasteiger partial charge is 0.219 e. The van der Waals surface area contributed by atoms with Crippen LogP contribution in [0.5, 0.6) is 5.75 Å². The maximum atomic E-state index is 11.3. The largest absolute Gasteiger partial charge is 0.491 e. The van der Waals surface area contributed by atoms with Gasteiger partial charge in [0.15, 0.2) is 0 Å². The molecule has 2 rings (SSSR count). The lowest BCUT2D eigenvalue weighted by molar-refractivity contribution is -0.129. The molecule has 0 unspecified atom stereocenters. The summed E-state index contributed by atoms with van der Waals surface area (Å²) < 4.78 is 5.66. The van der Waals surface area contributed by atoms with E-state index in [0.717, 1.165) is 44.0 Å². The van der Waals surface area contributed by atoms with Crippen molar-refractivity contribution < 1.29 is 9.53 Å². The highest BCUT2D eigenvalue weighted by atomic mass is 16.5. The van der Waals surface area contributed by atoms with Crippen LogP contribution in [-0.4, -0.2) is 43.6 Å². The molecule has 0 radical (unpaired) electrons. The lowest BCUT2D eigenvalue weighted by Crippen LogP contribution is -2.48. The van der Waals surface area contributed by atoms with E-state index < -0.39 is 0 Å². The van der Waals surface area contributed by atoms with Gasteiger partial charge in [-0.25, -0.2) is 0 Å². The lowest BCUT2D eigenvalue weighted by atomic mass is 10.2. The first-order valence-electron chi connectivity index (χ1n) is 7.15. The molecule has 0 aromatic heterocycles. The number of hydrogen-bond donors (Lipinski definition) is 1. The number of carbonyl (C=O) groups excluding carboxylic acids is 1. The van der Waals surface area contributed by atoms with Crippen molar-refractivity contribution in [2.24, 2.45) is 0 Å². The molecule has 1 heterocycles. The van der Waals surface area contributed by atoms with Crippen LogP contribution in [0.25, 0.3) is 0 Å². The second-order valence-corrected chi connectivity index (χ2v) is 5.03. The van der Waals surface area contributed by atoms with Crippen LogP contribution in [0, 0.1) is 0 Å². The van der Waals surface area contributed by atoms with Gasteiger partial charge >= 0.3 is 0 Å². The van der Waals surface area contributed by atoms with Gasteiger partial charge < -0.3 is 20.3 Å². The number of hydrogen-bond acceptors (Lipinski definition) is 4. The van der Waals surface area contributed by atoms with Gasteiger partial charge in [0.05, 0.1) is 18.0 Å². The molecule has 0 bridgehead atoms. The molecule has 0 spiro atoms. The molecule has 0 saturated carbocycles. The Hall–Kier alpha value is -1.91. The second kappa shape index (κ2) is 6.50. The highest BCUT2D eigenvalue weighted by Gasteiger charge is 2.21. The SMILES string of the molecule is CCCOc1cccc(N2CCN(C(C)=O)CC2)c1N. The molecule has 1 amide bonds. The van der Waals surface area contributed by atoms with Gasteiger partial charge in [-0.3, -0.25) is 4.79 Å². The molecule has 5 nitrogen and oxygen atoms in total. The van der Waals surface area contributed by atoms with Gasteiger partial charge in [0.2, 0.25) is 5.91 Å². The Morgan fingerprint density at radius 2 is 2.00 bits per heavy atom. The Bertz CT molecular complexity index is 468. The summed E-state index contributed by atoms with van der Waals surface area (Å²) in [4.78, 5) is 15.4. The van der Waals surface area contributed by atoms with Crippen LogP contribution < -0.4 is 15.4 Å². The molecule has 1 fully saturated rings. The highest BCUT2D eigenvalue weighted by Crippen LogP contribution is 2.32. The summed E-state index contributed by atoms with van der Waals surface area (Å²) in [5, 5.41) is 0. The van der Waals surface area contributed by atoms with E-state index in [9.17, 15) is 4.79 Å². The fourth-order valence-electron chi connectivity index (χ4n) is 2.41. The number of anilines is 2. The maximum absolute atomic E-state index is 11.3. The minimum atomic E-state index is 0.137. The van der Waals surface area contributed by atoms with Gasteiger partial charge in [-0.15, -0.1) is 0 Å². The summed E-state index contributed by atoms with van der Waals surface area (Å²) in [5.74, 6) is 0.885. The van der Waals surface area contributed by atoms with E-state index in [1.54, 1.807) is 6.92 Å². The van der Waals surface area contributed by atoms with E-state index in [1.807, 2.05) is 23.1 Å². The summed E-state index contributed by atoms with van der Waals surface area (Å²) >= 11 is 0. The molecular formula is C15H23N3O2. The first kappa shape index (κ1) is 14.5. The van der Waals surface area contributed by atoms with E-state index in [0.29, 0.717) is 12.3 Å². The van der Waals surface area contributed by atoms with Crippen molar-refractivity contribution in [3.8, 4) is 5.75 Å². The number of amides is 1. The summed E-state index contributed by atoms with van der Waals surface area (Å²) in [6.45, 7) is 7.46. The summed E-state index contributed by atoms with van der Waals surface area (Å²) in [7, 11) is 0. The van der Waals surface area contributed by atoms with Gasteiger partial charge in [0.1, 0.15) is 5.75 Å². The minimum absolute atomic E-state index is 0.137. The van der Waals surface area contributed by atoms with Gasteiger partial charge in [-0.05, 0) is 18.6 Å². The number of para-hydroxylation sites is 1. The molecule has 1 aromatic rings. The van der Waals surface area contributed by atoms with E-state index in [2.05, 4.69) is 11.8 Å². The average molecular weight is 277 g/mol. The van der Waals surface area contributed by atoms with Crippen LogP contribution in [0.4, 0.5) is 11.4 Å². The maximum Gasteiger partial charge on any atom is 0.219 e. The fourth-order valence-corrected chi connectivity index (χ4v) is 2.41. The Balaban J connectivity index is 2.08. The number of nitrogens with zero attached hydrogens (tertiary/aromatic N) is 2. The standard InChI is InChI=1S/C15H23N3O2/c1-3-11-20-14-6-4-5-13(15(14)16)18-9-7-17(8-10-18)12(2)19/h4-6H,3,7-11,16H2,1-2H3. The number of nitrogen functional groups attached to an aromatic ring is 1. The Labute approximate surface area is 120 Å². The van der Waals surface area contributed by atoms with E-state index in [4.69, 9.17) is 10.5 Å². The zero-order chi connectivity index (χ0) is 14.5. The number of nitrogens with two attached hydrogens (primary N) is 1. The summed E-state index contributed by atoms with van der Waals surface area (Å²) in [6.07, 6.45) is 0.959. The van der Waals surface area contributed by atoms with E-state index in [-0.39, 0.29) is 5.91 Å². The van der Waals surface area contributed by atoms with Crippen molar-refractivity contribution in [1.82, 2.24) is 4.90 Å². The molecule has 20 heavy (non-hydrogen) atoms. The van der Waals surface area contributed by atoms with Crippen LogP contribution in [0.15, 0.2) is 18.2 Å². The molecule has 110 valence electrons. The third kappa shape index (κ3) is 3.15. The zero-order valence-electron chi connectivity index (χ0n) is 12.3. The normalized spacial score (nSPS) is 15.3. The Morgan fingerprint density at radius 1 is 1.30 bits per heavy atom. The number of ether oxygens (including phenoxy) is 1. The topological polar surface area (TPSA) is 58.8 Å². The van der Waals surface area contributed by atoms with Crippen LogP contribution in [0.2, 0.25) is 0 Å². The molecular weight excluding hydrogens is 254 g/mol. The zero-order valence-corrected chi connectivity index (χ0v) is 12.3. The lowest BCUT2D eigenvalue weighted by Gasteiger charge is -2.36. The molecule has 0 aliphatic carbocycles. The van der Waals surface area contributed by atoms with Crippen LogP contribution in [-0.2, 0) is 4.79 Å².